The number of hydrogen-bond acceptors (Lipinski definition) is 3. The zero-order valence-electron chi connectivity index (χ0n) is 13.0. The number of rotatable bonds is 6. The predicted octanol–water partition coefficient (Wildman–Crippen LogP) is 2.61. The quantitative estimate of drug-likeness (QED) is 0.761. The number of pyridine rings is 1. The number of benzene rings is 1. The summed E-state index contributed by atoms with van der Waals surface area (Å²) < 4.78 is 7.21. The molecule has 1 N–H and O–H groups in total. The number of methoxy groups -OCH3 is 1. The summed E-state index contributed by atoms with van der Waals surface area (Å²) in [7, 11) is 1.68. The van der Waals surface area contributed by atoms with Crippen LogP contribution < -0.4 is 5.32 Å². The maximum absolute atomic E-state index is 12.5. The van der Waals surface area contributed by atoms with E-state index in [1.807, 2.05) is 48.7 Å². The van der Waals surface area contributed by atoms with Crippen LogP contribution >= 0.6 is 0 Å². The number of carbonyl (C=O) groups excluding carboxylic acids is 1. The second-order valence-electron chi connectivity index (χ2n) is 5.24. The van der Waals surface area contributed by atoms with Crippen LogP contribution in [0, 0.1) is 0 Å². The Hall–Kier alpha value is -2.66. The van der Waals surface area contributed by atoms with Gasteiger partial charge in [-0.3, -0.25) is 9.78 Å². The summed E-state index contributed by atoms with van der Waals surface area (Å²) in [5, 5.41) is 3.87. The van der Waals surface area contributed by atoms with Gasteiger partial charge < -0.3 is 14.6 Å². The van der Waals surface area contributed by atoms with Gasteiger partial charge in [-0.25, -0.2) is 0 Å². The molecule has 3 aromatic rings. The highest BCUT2D eigenvalue weighted by Crippen LogP contribution is 2.20. The monoisotopic (exact) mass is 309 g/mol. The smallest absolute Gasteiger partial charge is 0.252 e. The third-order valence-corrected chi connectivity index (χ3v) is 3.75. The molecule has 5 nitrogen and oxygen atoms in total. The molecular formula is C18H19N3O2. The zero-order valence-corrected chi connectivity index (χ0v) is 13.0. The first-order valence-electron chi connectivity index (χ1n) is 7.54. The summed E-state index contributed by atoms with van der Waals surface area (Å²) in [4.78, 5) is 16.7. The number of nitrogens with one attached hydrogen (secondary N) is 1. The van der Waals surface area contributed by atoms with Crippen LogP contribution in [0.2, 0.25) is 0 Å². The first-order valence-corrected chi connectivity index (χ1v) is 7.54. The molecule has 0 radical (unpaired) electrons. The predicted molar refractivity (Wildman–Crippen MR) is 89.2 cm³/mol. The highest BCUT2D eigenvalue weighted by molar-refractivity contribution is 6.06. The van der Waals surface area contributed by atoms with Gasteiger partial charge in [0, 0.05) is 42.5 Å². The molecule has 0 saturated carbocycles. The highest BCUT2D eigenvalue weighted by Gasteiger charge is 2.12. The lowest BCUT2D eigenvalue weighted by Crippen LogP contribution is -2.23. The van der Waals surface area contributed by atoms with E-state index < -0.39 is 0 Å². The van der Waals surface area contributed by atoms with Crippen LogP contribution in [-0.4, -0.2) is 29.2 Å². The Kier molecular flexibility index (Phi) is 4.68. The van der Waals surface area contributed by atoms with Gasteiger partial charge in [0.15, 0.2) is 0 Å². The molecule has 1 aromatic carbocycles. The third-order valence-electron chi connectivity index (χ3n) is 3.75. The van der Waals surface area contributed by atoms with E-state index in [1.54, 1.807) is 13.3 Å². The largest absolute Gasteiger partial charge is 0.383 e. The van der Waals surface area contributed by atoms with Gasteiger partial charge >= 0.3 is 0 Å². The van der Waals surface area contributed by atoms with Crippen LogP contribution in [-0.2, 0) is 17.8 Å². The van der Waals surface area contributed by atoms with Gasteiger partial charge in [0.05, 0.1) is 18.8 Å². The van der Waals surface area contributed by atoms with Crippen molar-refractivity contribution in [1.82, 2.24) is 14.9 Å². The molecule has 0 fully saturated rings. The van der Waals surface area contributed by atoms with Crippen molar-refractivity contribution in [2.45, 2.75) is 13.1 Å². The van der Waals surface area contributed by atoms with Crippen molar-refractivity contribution in [3.63, 3.8) is 0 Å². The SMILES string of the molecule is COCCn1ccc2c(C(=O)NCc3ccccn3)cccc21. The van der Waals surface area contributed by atoms with Gasteiger partial charge in [0.2, 0.25) is 0 Å². The summed E-state index contributed by atoms with van der Waals surface area (Å²) in [6.07, 6.45) is 3.71. The molecule has 0 bridgehead atoms. The molecule has 118 valence electrons. The molecule has 3 rings (SSSR count). The minimum atomic E-state index is -0.0919. The molecule has 0 spiro atoms. The van der Waals surface area contributed by atoms with Gasteiger partial charge in [-0.1, -0.05) is 12.1 Å². The number of amides is 1. The van der Waals surface area contributed by atoms with E-state index in [-0.39, 0.29) is 5.91 Å². The topological polar surface area (TPSA) is 56.1 Å². The van der Waals surface area contributed by atoms with E-state index >= 15 is 0 Å². The molecule has 0 saturated heterocycles. The van der Waals surface area contributed by atoms with E-state index in [9.17, 15) is 4.79 Å². The van der Waals surface area contributed by atoms with Crippen molar-refractivity contribution in [2.75, 3.05) is 13.7 Å². The standard InChI is InChI=1S/C18H19N3O2/c1-23-12-11-21-10-8-15-16(6-4-7-17(15)21)18(22)20-13-14-5-2-3-9-19-14/h2-10H,11-13H2,1H3,(H,20,22). The molecule has 0 atom stereocenters. The van der Waals surface area contributed by atoms with Crippen molar-refractivity contribution in [2.24, 2.45) is 0 Å². The van der Waals surface area contributed by atoms with E-state index in [0.29, 0.717) is 18.7 Å². The highest BCUT2D eigenvalue weighted by atomic mass is 16.5. The maximum atomic E-state index is 12.5. The molecule has 0 aliphatic carbocycles. The second kappa shape index (κ2) is 7.07. The van der Waals surface area contributed by atoms with Gasteiger partial charge in [0.1, 0.15) is 0 Å². The van der Waals surface area contributed by atoms with Crippen molar-refractivity contribution in [3.05, 3.63) is 66.1 Å². The number of fused-ring (bicyclic) bond motifs is 1. The van der Waals surface area contributed by atoms with Crippen LogP contribution in [0.1, 0.15) is 16.1 Å². The molecule has 2 aromatic heterocycles. The maximum Gasteiger partial charge on any atom is 0.252 e. The molecule has 0 aliphatic heterocycles. The second-order valence-corrected chi connectivity index (χ2v) is 5.24. The summed E-state index contributed by atoms with van der Waals surface area (Å²) in [6, 6.07) is 13.4. The zero-order chi connectivity index (χ0) is 16.1. The van der Waals surface area contributed by atoms with Crippen molar-refractivity contribution in [3.8, 4) is 0 Å². The first kappa shape index (κ1) is 15.2. The number of carbonyl (C=O) groups is 1. The average molecular weight is 309 g/mol. The van der Waals surface area contributed by atoms with E-state index in [2.05, 4.69) is 14.9 Å². The Balaban J connectivity index is 1.79. The van der Waals surface area contributed by atoms with Crippen LogP contribution in [0.15, 0.2) is 54.9 Å². The Bertz CT molecular complexity index is 796. The lowest BCUT2D eigenvalue weighted by Gasteiger charge is -2.08. The number of nitrogens with zero attached hydrogens (tertiary/aromatic N) is 2. The Morgan fingerprint density at radius 1 is 1.22 bits per heavy atom. The lowest BCUT2D eigenvalue weighted by atomic mass is 10.1. The molecule has 0 aliphatic rings. The van der Waals surface area contributed by atoms with Crippen LogP contribution in [0.5, 0.6) is 0 Å². The normalized spacial score (nSPS) is 10.8. The lowest BCUT2D eigenvalue weighted by molar-refractivity contribution is 0.0952. The van der Waals surface area contributed by atoms with E-state index in [4.69, 9.17) is 4.74 Å². The Labute approximate surface area is 134 Å². The fourth-order valence-electron chi connectivity index (χ4n) is 2.57. The molecule has 1 amide bonds. The summed E-state index contributed by atoms with van der Waals surface area (Å²) in [6.45, 7) is 1.82. The summed E-state index contributed by atoms with van der Waals surface area (Å²) in [5.41, 5.74) is 2.55. The first-order chi connectivity index (χ1) is 11.3. The fourth-order valence-corrected chi connectivity index (χ4v) is 2.57. The van der Waals surface area contributed by atoms with Crippen LogP contribution in [0.3, 0.4) is 0 Å². The third kappa shape index (κ3) is 3.40. The number of ether oxygens (including phenoxy) is 1. The minimum Gasteiger partial charge on any atom is -0.383 e. The molecule has 23 heavy (non-hydrogen) atoms. The average Bonchev–Trinajstić information content (AvgIpc) is 3.02. The molecule has 5 heteroatoms. The van der Waals surface area contributed by atoms with Crippen molar-refractivity contribution < 1.29 is 9.53 Å². The van der Waals surface area contributed by atoms with Gasteiger partial charge in [-0.2, -0.15) is 0 Å². The van der Waals surface area contributed by atoms with Crippen molar-refractivity contribution >= 4 is 16.8 Å². The summed E-state index contributed by atoms with van der Waals surface area (Å²) >= 11 is 0. The van der Waals surface area contributed by atoms with E-state index in [1.165, 1.54) is 0 Å². The molecular weight excluding hydrogens is 290 g/mol. The van der Waals surface area contributed by atoms with Gasteiger partial charge in [-0.15, -0.1) is 0 Å². The summed E-state index contributed by atoms with van der Waals surface area (Å²) in [5.74, 6) is -0.0919. The van der Waals surface area contributed by atoms with Crippen molar-refractivity contribution in [1.29, 1.82) is 0 Å². The minimum absolute atomic E-state index is 0.0919. The van der Waals surface area contributed by atoms with Gasteiger partial charge in [-0.05, 0) is 30.3 Å². The Morgan fingerprint density at radius 2 is 2.13 bits per heavy atom. The number of hydrogen-bond donors (Lipinski definition) is 1. The fraction of sp³-hybridized carbons (Fsp3) is 0.222. The van der Waals surface area contributed by atoms with Gasteiger partial charge in [0.25, 0.3) is 5.91 Å². The van der Waals surface area contributed by atoms with E-state index in [0.717, 1.165) is 23.1 Å². The molecule has 2 heterocycles. The van der Waals surface area contributed by atoms with Crippen LogP contribution in [0.4, 0.5) is 0 Å². The Morgan fingerprint density at radius 3 is 2.91 bits per heavy atom. The molecule has 0 unspecified atom stereocenters. The van der Waals surface area contributed by atoms with Crippen LogP contribution in [0.25, 0.3) is 10.9 Å². The number of aromatic nitrogens is 2.